The minimum Gasteiger partial charge on any atom is -0.319 e. The summed E-state index contributed by atoms with van der Waals surface area (Å²) >= 11 is 3.35. The minimum atomic E-state index is -2.90. The Morgan fingerprint density at radius 1 is 1.50 bits per heavy atom. The van der Waals surface area contributed by atoms with Crippen molar-refractivity contribution >= 4 is 25.8 Å². The number of nitrogens with one attached hydrogen (secondary N) is 1. The third kappa shape index (κ3) is 4.02. The largest absolute Gasteiger partial charge is 0.319 e. The van der Waals surface area contributed by atoms with Gasteiger partial charge in [0.25, 0.3) is 0 Å². The molecule has 1 heterocycles. The lowest BCUT2D eigenvalue weighted by molar-refractivity contribution is 0.348. The summed E-state index contributed by atoms with van der Waals surface area (Å²) in [5.74, 6) is 0.524. The summed E-state index contributed by atoms with van der Waals surface area (Å²) in [5, 5.41) is 3.10. The summed E-state index contributed by atoms with van der Waals surface area (Å²) in [6.07, 6.45) is 1.25. The van der Waals surface area contributed by atoms with Gasteiger partial charge in [-0.1, -0.05) is 15.9 Å². The van der Waals surface area contributed by atoms with Crippen LogP contribution in [-0.4, -0.2) is 33.5 Å². The molecule has 2 unspecified atom stereocenters. The van der Waals surface area contributed by atoms with E-state index in [2.05, 4.69) is 21.2 Å². The predicted octanol–water partition coefficient (Wildman–Crippen LogP) is 2.40. The van der Waals surface area contributed by atoms with Gasteiger partial charge in [-0.05, 0) is 62.0 Å². The van der Waals surface area contributed by atoms with E-state index in [-0.39, 0.29) is 29.2 Å². The van der Waals surface area contributed by atoms with Crippen molar-refractivity contribution in [1.29, 1.82) is 0 Å². The predicted molar refractivity (Wildman–Crippen MR) is 82.0 cm³/mol. The molecule has 3 nitrogen and oxygen atoms in total. The standard InChI is InChI=1S/C14H19BrFNO2S/c1-17-8-12(10-4-5-20(18,19)9-10)6-11-7-13(15)2-3-14(11)16/h2-3,7,10,12,17H,4-6,8-9H2,1H3. The molecule has 2 rings (SSSR count). The molecule has 2 atom stereocenters. The van der Waals surface area contributed by atoms with E-state index < -0.39 is 9.84 Å². The summed E-state index contributed by atoms with van der Waals surface area (Å²) in [4.78, 5) is 0. The van der Waals surface area contributed by atoms with Gasteiger partial charge in [0.05, 0.1) is 11.5 Å². The van der Waals surface area contributed by atoms with Crippen molar-refractivity contribution in [2.24, 2.45) is 11.8 Å². The number of halogens is 2. The molecule has 1 aliphatic rings. The van der Waals surface area contributed by atoms with Gasteiger partial charge in [0.1, 0.15) is 5.82 Å². The molecule has 0 amide bonds. The first-order valence-corrected chi connectivity index (χ1v) is 9.31. The van der Waals surface area contributed by atoms with Gasteiger partial charge in [-0.2, -0.15) is 0 Å². The van der Waals surface area contributed by atoms with E-state index in [1.807, 2.05) is 7.05 Å². The number of sulfone groups is 1. The molecule has 1 fully saturated rings. The summed E-state index contributed by atoms with van der Waals surface area (Å²) in [6, 6.07) is 4.90. The number of benzene rings is 1. The molecule has 6 heteroatoms. The monoisotopic (exact) mass is 363 g/mol. The van der Waals surface area contributed by atoms with Crippen molar-refractivity contribution in [3.05, 3.63) is 34.1 Å². The molecule has 1 aromatic rings. The van der Waals surface area contributed by atoms with Crippen LogP contribution in [0, 0.1) is 17.7 Å². The van der Waals surface area contributed by atoms with E-state index in [0.29, 0.717) is 24.9 Å². The van der Waals surface area contributed by atoms with E-state index in [1.165, 1.54) is 6.07 Å². The zero-order valence-electron chi connectivity index (χ0n) is 11.4. The van der Waals surface area contributed by atoms with E-state index in [4.69, 9.17) is 0 Å². The zero-order chi connectivity index (χ0) is 14.8. The molecule has 1 aromatic carbocycles. The number of rotatable bonds is 5. The smallest absolute Gasteiger partial charge is 0.150 e. The van der Waals surface area contributed by atoms with Crippen LogP contribution < -0.4 is 5.32 Å². The van der Waals surface area contributed by atoms with Crippen LogP contribution in [0.1, 0.15) is 12.0 Å². The van der Waals surface area contributed by atoms with Gasteiger partial charge in [0, 0.05) is 4.47 Å². The van der Waals surface area contributed by atoms with Gasteiger partial charge in [0.15, 0.2) is 9.84 Å². The fourth-order valence-corrected chi connectivity index (χ4v) is 5.17. The second-order valence-electron chi connectivity index (χ2n) is 5.42. The highest BCUT2D eigenvalue weighted by atomic mass is 79.9. The van der Waals surface area contributed by atoms with Crippen LogP contribution in [0.15, 0.2) is 22.7 Å². The summed E-state index contributed by atoms with van der Waals surface area (Å²) in [6.45, 7) is 0.701. The number of hydrogen-bond donors (Lipinski definition) is 1. The Kier molecular flexibility index (Phi) is 5.20. The van der Waals surface area contributed by atoms with Crippen molar-refractivity contribution in [2.75, 3.05) is 25.1 Å². The van der Waals surface area contributed by atoms with Crippen molar-refractivity contribution in [3.8, 4) is 0 Å². The average molecular weight is 364 g/mol. The highest BCUT2D eigenvalue weighted by Gasteiger charge is 2.33. The van der Waals surface area contributed by atoms with Crippen LogP contribution in [0.3, 0.4) is 0 Å². The maximum Gasteiger partial charge on any atom is 0.150 e. The fourth-order valence-electron chi connectivity index (χ4n) is 2.85. The fraction of sp³-hybridized carbons (Fsp3) is 0.571. The van der Waals surface area contributed by atoms with Crippen LogP contribution in [0.5, 0.6) is 0 Å². The van der Waals surface area contributed by atoms with Gasteiger partial charge in [-0.25, -0.2) is 12.8 Å². The molecule has 1 N–H and O–H groups in total. The second kappa shape index (κ2) is 6.54. The lowest BCUT2D eigenvalue weighted by Gasteiger charge is -2.22. The quantitative estimate of drug-likeness (QED) is 0.873. The highest BCUT2D eigenvalue weighted by molar-refractivity contribution is 9.10. The SMILES string of the molecule is CNCC(Cc1cc(Br)ccc1F)C1CCS(=O)(=O)C1. The first-order valence-electron chi connectivity index (χ1n) is 6.70. The summed E-state index contributed by atoms with van der Waals surface area (Å²) < 4.78 is 37.9. The molecule has 0 bridgehead atoms. The minimum absolute atomic E-state index is 0.117. The summed E-state index contributed by atoms with van der Waals surface area (Å²) in [7, 11) is -1.06. The van der Waals surface area contributed by atoms with E-state index in [0.717, 1.165) is 4.47 Å². The van der Waals surface area contributed by atoms with Gasteiger partial charge in [-0.3, -0.25) is 0 Å². The average Bonchev–Trinajstić information content (AvgIpc) is 2.73. The highest BCUT2D eigenvalue weighted by Crippen LogP contribution is 2.29. The molecule has 0 aromatic heterocycles. The second-order valence-corrected chi connectivity index (χ2v) is 8.57. The third-order valence-electron chi connectivity index (χ3n) is 3.89. The van der Waals surface area contributed by atoms with Crippen molar-refractivity contribution in [1.82, 2.24) is 5.32 Å². The van der Waals surface area contributed by atoms with Gasteiger partial charge in [-0.15, -0.1) is 0 Å². The van der Waals surface area contributed by atoms with E-state index >= 15 is 0 Å². The van der Waals surface area contributed by atoms with Crippen LogP contribution in [0.25, 0.3) is 0 Å². The maximum absolute atomic E-state index is 13.8. The van der Waals surface area contributed by atoms with Crippen LogP contribution in [-0.2, 0) is 16.3 Å². The Hall–Kier alpha value is -0.460. The first kappa shape index (κ1) is 15.9. The molecule has 1 saturated heterocycles. The molecule has 1 aliphatic heterocycles. The number of hydrogen-bond acceptors (Lipinski definition) is 3. The Bertz CT molecular complexity index is 577. The van der Waals surface area contributed by atoms with Gasteiger partial charge < -0.3 is 5.32 Å². The van der Waals surface area contributed by atoms with Crippen LogP contribution >= 0.6 is 15.9 Å². The normalized spacial score (nSPS) is 22.9. The molecular formula is C14H19BrFNO2S. The van der Waals surface area contributed by atoms with Crippen molar-refractivity contribution in [2.45, 2.75) is 12.8 Å². The Labute approximate surface area is 128 Å². The molecule has 20 heavy (non-hydrogen) atoms. The molecule has 0 spiro atoms. The summed E-state index contributed by atoms with van der Waals surface area (Å²) in [5.41, 5.74) is 0.643. The first-order chi connectivity index (χ1) is 9.41. The topological polar surface area (TPSA) is 46.2 Å². The lowest BCUT2D eigenvalue weighted by atomic mass is 9.86. The maximum atomic E-state index is 13.8. The van der Waals surface area contributed by atoms with Crippen molar-refractivity contribution in [3.63, 3.8) is 0 Å². The van der Waals surface area contributed by atoms with Gasteiger partial charge >= 0.3 is 0 Å². The van der Waals surface area contributed by atoms with Crippen molar-refractivity contribution < 1.29 is 12.8 Å². The molecule has 0 radical (unpaired) electrons. The Morgan fingerprint density at radius 3 is 2.85 bits per heavy atom. The van der Waals surface area contributed by atoms with E-state index in [1.54, 1.807) is 12.1 Å². The van der Waals surface area contributed by atoms with Crippen LogP contribution in [0.4, 0.5) is 4.39 Å². The third-order valence-corrected chi connectivity index (χ3v) is 6.18. The molecule has 0 saturated carbocycles. The molecule has 0 aliphatic carbocycles. The van der Waals surface area contributed by atoms with Gasteiger partial charge in [0.2, 0.25) is 0 Å². The van der Waals surface area contributed by atoms with E-state index in [9.17, 15) is 12.8 Å². The van der Waals surface area contributed by atoms with Crippen LogP contribution in [0.2, 0.25) is 0 Å². The molecular weight excluding hydrogens is 345 g/mol. The zero-order valence-corrected chi connectivity index (χ0v) is 13.8. The lowest BCUT2D eigenvalue weighted by Crippen LogP contribution is -2.29. The molecule has 112 valence electrons. The Morgan fingerprint density at radius 2 is 2.25 bits per heavy atom. The Balaban J connectivity index is 2.15.